The van der Waals surface area contributed by atoms with Crippen molar-refractivity contribution in [3.05, 3.63) is 65.4 Å². The van der Waals surface area contributed by atoms with E-state index in [1.54, 1.807) is 0 Å². The zero-order valence-electron chi connectivity index (χ0n) is 19.0. The first-order chi connectivity index (χ1) is 16.9. The maximum absolute atomic E-state index is 13.0. The molecule has 1 aliphatic heterocycles. The average Bonchev–Trinajstić information content (AvgIpc) is 3.44. The largest absolute Gasteiger partial charge is 0.481 e. The van der Waals surface area contributed by atoms with E-state index in [1.165, 1.54) is 4.90 Å². The smallest absolute Gasteiger partial charge is 0.412 e. The number of carboxylic acids is 1. The van der Waals surface area contributed by atoms with Crippen molar-refractivity contribution < 1.29 is 28.9 Å². The highest BCUT2D eigenvalue weighted by atomic mass is 16.6. The highest BCUT2D eigenvalue weighted by Gasteiger charge is 2.35. The van der Waals surface area contributed by atoms with Crippen molar-refractivity contribution in [2.24, 2.45) is 11.8 Å². The Morgan fingerprint density at radius 1 is 1.06 bits per heavy atom. The number of amides is 2. The number of fused-ring (bicyclic) bond motifs is 3. The van der Waals surface area contributed by atoms with E-state index >= 15 is 0 Å². The van der Waals surface area contributed by atoms with Crippen molar-refractivity contribution in [3.63, 3.8) is 0 Å². The van der Waals surface area contributed by atoms with E-state index in [1.807, 2.05) is 55.5 Å². The van der Waals surface area contributed by atoms with Gasteiger partial charge >= 0.3 is 12.1 Å². The monoisotopic (exact) mass is 476 g/mol. The molecule has 2 aliphatic rings. The Morgan fingerprint density at radius 2 is 1.71 bits per heavy atom. The lowest BCUT2D eigenvalue weighted by Crippen LogP contribution is -2.45. The molecule has 10 nitrogen and oxygen atoms in total. The quantitative estimate of drug-likeness (QED) is 0.570. The van der Waals surface area contributed by atoms with Crippen molar-refractivity contribution in [3.8, 4) is 11.1 Å². The van der Waals surface area contributed by atoms with Crippen molar-refractivity contribution >= 4 is 23.8 Å². The van der Waals surface area contributed by atoms with E-state index < -0.39 is 23.9 Å². The molecule has 1 fully saturated rings. The van der Waals surface area contributed by atoms with Gasteiger partial charge in [-0.25, -0.2) is 9.42 Å². The Bertz CT molecular complexity index is 1240. The van der Waals surface area contributed by atoms with Gasteiger partial charge in [0.2, 0.25) is 11.5 Å². The SMILES string of the molecule is CC1CC(C(=O)O)CN(C(=O)c2nonc2NC(=O)OCC2c3ccccc3-c3ccccc32)C1. The number of nitrogens with zero attached hydrogens (tertiary/aromatic N) is 3. The number of aromatic nitrogens is 2. The van der Waals surface area contributed by atoms with Crippen LogP contribution in [0.2, 0.25) is 0 Å². The number of carbonyl (C=O) groups is 3. The lowest BCUT2D eigenvalue weighted by Gasteiger charge is -2.34. The molecule has 1 saturated heterocycles. The summed E-state index contributed by atoms with van der Waals surface area (Å²) in [6, 6.07) is 16.0. The van der Waals surface area contributed by atoms with Gasteiger partial charge in [0.1, 0.15) is 6.61 Å². The number of anilines is 1. The number of hydrogen-bond acceptors (Lipinski definition) is 7. The maximum atomic E-state index is 13.0. The first kappa shape index (κ1) is 22.6. The summed E-state index contributed by atoms with van der Waals surface area (Å²) in [6.45, 7) is 2.40. The van der Waals surface area contributed by atoms with E-state index in [0.29, 0.717) is 13.0 Å². The molecule has 2 unspecified atom stereocenters. The van der Waals surface area contributed by atoms with Crippen LogP contribution in [0.5, 0.6) is 0 Å². The molecule has 2 N–H and O–H groups in total. The highest BCUT2D eigenvalue weighted by molar-refractivity contribution is 5.99. The van der Waals surface area contributed by atoms with Gasteiger partial charge in [0, 0.05) is 19.0 Å². The molecule has 0 saturated carbocycles. The number of carbonyl (C=O) groups excluding carboxylic acids is 2. The van der Waals surface area contributed by atoms with Gasteiger partial charge in [0.25, 0.3) is 5.91 Å². The zero-order chi connectivity index (χ0) is 24.5. The molecule has 2 amide bonds. The molecule has 0 radical (unpaired) electrons. The van der Waals surface area contributed by atoms with Gasteiger partial charge < -0.3 is 14.7 Å². The first-order valence-corrected chi connectivity index (χ1v) is 11.4. The number of hydrogen-bond donors (Lipinski definition) is 2. The van der Waals surface area contributed by atoms with Gasteiger partial charge in [0.15, 0.2) is 0 Å². The number of aliphatic carboxylic acids is 1. The second-order valence-corrected chi connectivity index (χ2v) is 9.00. The van der Waals surface area contributed by atoms with Crippen LogP contribution < -0.4 is 5.32 Å². The average molecular weight is 476 g/mol. The Morgan fingerprint density at radius 3 is 2.37 bits per heavy atom. The molecule has 1 aromatic heterocycles. The van der Waals surface area contributed by atoms with E-state index in [4.69, 9.17) is 9.37 Å². The third-order valence-electron chi connectivity index (χ3n) is 6.55. The van der Waals surface area contributed by atoms with Crippen LogP contribution in [0, 0.1) is 11.8 Å². The Kier molecular flexibility index (Phi) is 5.94. The molecule has 0 bridgehead atoms. The summed E-state index contributed by atoms with van der Waals surface area (Å²) in [5.41, 5.74) is 4.18. The summed E-state index contributed by atoms with van der Waals surface area (Å²) in [6.07, 6.45) is -0.312. The fraction of sp³-hybridized carbons (Fsp3) is 0.320. The molecule has 180 valence electrons. The molecule has 2 atom stereocenters. The maximum Gasteiger partial charge on any atom is 0.412 e. The molecular weight excluding hydrogens is 452 g/mol. The first-order valence-electron chi connectivity index (χ1n) is 11.4. The van der Waals surface area contributed by atoms with Crippen molar-refractivity contribution in [2.75, 3.05) is 25.0 Å². The standard InChI is InChI=1S/C25H24N4O6/c1-14-10-15(24(31)32)12-29(11-14)23(30)21-22(28-35-27-21)26-25(33)34-13-20-18-8-4-2-6-16(18)17-7-3-5-9-19(17)20/h2-9,14-15,20H,10-13H2,1H3,(H,31,32)(H,26,28,33). The van der Waals surface area contributed by atoms with Gasteiger partial charge in [0.05, 0.1) is 5.92 Å². The molecule has 10 heteroatoms. The molecule has 2 heterocycles. The van der Waals surface area contributed by atoms with Crippen LogP contribution in [0.1, 0.15) is 40.9 Å². The lowest BCUT2D eigenvalue weighted by molar-refractivity contribution is -0.143. The topological polar surface area (TPSA) is 135 Å². The second kappa shape index (κ2) is 9.21. The lowest BCUT2D eigenvalue weighted by atomic mass is 9.90. The van der Waals surface area contributed by atoms with E-state index in [0.717, 1.165) is 22.3 Å². The molecule has 0 spiro atoms. The predicted molar refractivity (Wildman–Crippen MR) is 124 cm³/mol. The van der Waals surface area contributed by atoms with E-state index in [-0.39, 0.29) is 36.5 Å². The fourth-order valence-corrected chi connectivity index (χ4v) is 4.99. The van der Waals surface area contributed by atoms with Gasteiger partial charge in [-0.05, 0) is 44.9 Å². The Balaban J connectivity index is 1.26. The molecule has 35 heavy (non-hydrogen) atoms. The van der Waals surface area contributed by atoms with Crippen LogP contribution >= 0.6 is 0 Å². The normalized spacial score (nSPS) is 19.1. The summed E-state index contributed by atoms with van der Waals surface area (Å²) in [7, 11) is 0. The van der Waals surface area contributed by atoms with E-state index in [9.17, 15) is 19.5 Å². The number of carboxylic acid groups (broad SMARTS) is 1. The summed E-state index contributed by atoms with van der Waals surface area (Å²) in [4.78, 5) is 38.4. The summed E-state index contributed by atoms with van der Waals surface area (Å²) < 4.78 is 10.2. The van der Waals surface area contributed by atoms with Crippen molar-refractivity contribution in [1.82, 2.24) is 15.2 Å². The minimum Gasteiger partial charge on any atom is -0.481 e. The molecule has 5 rings (SSSR count). The highest BCUT2D eigenvalue weighted by Crippen LogP contribution is 2.44. The summed E-state index contributed by atoms with van der Waals surface area (Å²) in [5, 5.41) is 19.1. The Hall–Kier alpha value is -4.21. The van der Waals surface area contributed by atoms with Crippen LogP contribution in [0.4, 0.5) is 10.6 Å². The second-order valence-electron chi connectivity index (χ2n) is 9.00. The Labute approximate surface area is 200 Å². The summed E-state index contributed by atoms with van der Waals surface area (Å²) in [5.74, 6) is -2.46. The minimum absolute atomic E-state index is 0.00667. The number of ether oxygens (including phenoxy) is 1. The predicted octanol–water partition coefficient (Wildman–Crippen LogP) is 3.61. The number of likely N-dealkylation sites (tertiary alicyclic amines) is 1. The number of benzene rings is 2. The van der Waals surface area contributed by atoms with Gasteiger partial charge in [-0.2, -0.15) is 0 Å². The third kappa shape index (κ3) is 4.34. The van der Waals surface area contributed by atoms with Crippen LogP contribution in [0.3, 0.4) is 0 Å². The van der Waals surface area contributed by atoms with Crippen molar-refractivity contribution in [2.45, 2.75) is 19.3 Å². The molecule has 1 aliphatic carbocycles. The third-order valence-corrected chi connectivity index (χ3v) is 6.55. The summed E-state index contributed by atoms with van der Waals surface area (Å²) >= 11 is 0. The minimum atomic E-state index is -0.954. The zero-order valence-corrected chi connectivity index (χ0v) is 19.0. The van der Waals surface area contributed by atoms with Crippen LogP contribution in [0.25, 0.3) is 11.1 Å². The van der Waals surface area contributed by atoms with E-state index in [2.05, 4.69) is 15.6 Å². The molecule has 2 aromatic carbocycles. The van der Waals surface area contributed by atoms with Crippen LogP contribution in [-0.4, -0.2) is 58.0 Å². The number of nitrogens with one attached hydrogen (secondary N) is 1. The van der Waals surface area contributed by atoms with Crippen LogP contribution in [0.15, 0.2) is 53.2 Å². The van der Waals surface area contributed by atoms with Crippen LogP contribution in [-0.2, 0) is 9.53 Å². The number of piperidine rings is 1. The van der Waals surface area contributed by atoms with Crippen molar-refractivity contribution in [1.29, 1.82) is 0 Å². The van der Waals surface area contributed by atoms with Gasteiger partial charge in [-0.3, -0.25) is 14.9 Å². The fourth-order valence-electron chi connectivity index (χ4n) is 4.99. The van der Waals surface area contributed by atoms with Gasteiger partial charge in [-0.15, -0.1) is 0 Å². The molecular formula is C25H24N4O6. The number of rotatable bonds is 5. The molecule has 3 aromatic rings. The van der Waals surface area contributed by atoms with Gasteiger partial charge in [-0.1, -0.05) is 55.5 Å².